The summed E-state index contributed by atoms with van der Waals surface area (Å²) in [7, 11) is 0. The Morgan fingerprint density at radius 2 is 2.12 bits per heavy atom. The van der Waals surface area contributed by atoms with Crippen LogP contribution in [0.4, 0.5) is 0 Å². The van der Waals surface area contributed by atoms with Crippen molar-refractivity contribution in [2.45, 2.75) is 32.1 Å². The van der Waals surface area contributed by atoms with Crippen LogP contribution >= 0.6 is 15.9 Å². The van der Waals surface area contributed by atoms with Crippen molar-refractivity contribution in [2.75, 3.05) is 6.61 Å². The first-order valence-electron chi connectivity index (χ1n) is 5.86. The van der Waals surface area contributed by atoms with Crippen LogP contribution < -0.4 is 0 Å². The molecule has 3 heteroatoms. The molecular weight excluding hydrogens is 268 g/mol. The van der Waals surface area contributed by atoms with E-state index in [1.807, 2.05) is 18.2 Å². The van der Waals surface area contributed by atoms with Crippen molar-refractivity contribution in [3.8, 4) is 0 Å². The normalized spacial score (nSPS) is 19.0. The minimum absolute atomic E-state index is 0.142. The van der Waals surface area contributed by atoms with Gasteiger partial charge < -0.3 is 9.52 Å². The molecule has 2 nitrogen and oxygen atoms in total. The van der Waals surface area contributed by atoms with Gasteiger partial charge in [0.25, 0.3) is 0 Å². The Morgan fingerprint density at radius 1 is 1.38 bits per heavy atom. The van der Waals surface area contributed by atoms with Crippen molar-refractivity contribution >= 4 is 22.0 Å². The number of aliphatic hydroxyl groups excluding tert-OH is 1. The minimum atomic E-state index is 0.142. The molecule has 1 fully saturated rings. The Bertz CT molecular complexity index is 362. The van der Waals surface area contributed by atoms with Gasteiger partial charge in [-0.2, -0.15) is 0 Å². The lowest BCUT2D eigenvalue weighted by molar-refractivity contribution is 0.294. The Morgan fingerprint density at radius 3 is 2.69 bits per heavy atom. The maximum absolute atomic E-state index is 9.42. The lowest BCUT2D eigenvalue weighted by Gasteiger charge is -2.23. The van der Waals surface area contributed by atoms with Crippen molar-refractivity contribution < 1.29 is 9.52 Å². The van der Waals surface area contributed by atoms with Gasteiger partial charge in [0.2, 0.25) is 0 Å². The van der Waals surface area contributed by atoms with Gasteiger partial charge in [0.15, 0.2) is 4.67 Å². The van der Waals surface area contributed by atoms with Crippen LogP contribution in [0.25, 0.3) is 6.08 Å². The fraction of sp³-hybridized carbons (Fsp3) is 0.538. The Balaban J connectivity index is 2.11. The zero-order valence-corrected chi connectivity index (χ0v) is 10.9. The highest BCUT2D eigenvalue weighted by Crippen LogP contribution is 2.31. The second kappa shape index (κ2) is 5.69. The molecule has 1 aliphatic carbocycles. The molecule has 1 aliphatic rings. The molecule has 16 heavy (non-hydrogen) atoms. The highest BCUT2D eigenvalue weighted by molar-refractivity contribution is 9.10. The third kappa shape index (κ3) is 2.98. The fourth-order valence-electron chi connectivity index (χ4n) is 2.35. The Kier molecular flexibility index (Phi) is 4.24. The topological polar surface area (TPSA) is 33.4 Å². The molecule has 1 heterocycles. The van der Waals surface area contributed by atoms with Crippen LogP contribution in [0.2, 0.25) is 0 Å². The molecule has 88 valence electrons. The maximum atomic E-state index is 9.42. The van der Waals surface area contributed by atoms with E-state index in [1.165, 1.54) is 32.1 Å². The molecule has 0 unspecified atom stereocenters. The van der Waals surface area contributed by atoms with Crippen LogP contribution in [0.15, 0.2) is 26.8 Å². The van der Waals surface area contributed by atoms with Crippen LogP contribution in [-0.4, -0.2) is 11.7 Å². The lowest BCUT2D eigenvalue weighted by Crippen LogP contribution is -2.11. The van der Waals surface area contributed by atoms with Gasteiger partial charge in [0.1, 0.15) is 5.76 Å². The van der Waals surface area contributed by atoms with E-state index in [4.69, 9.17) is 4.42 Å². The smallest absolute Gasteiger partial charge is 0.169 e. The third-order valence-corrected chi connectivity index (χ3v) is 3.66. The van der Waals surface area contributed by atoms with Crippen molar-refractivity contribution in [1.29, 1.82) is 0 Å². The first-order chi connectivity index (χ1) is 7.79. The number of rotatable bonds is 3. The van der Waals surface area contributed by atoms with Crippen LogP contribution in [0, 0.1) is 5.92 Å². The van der Waals surface area contributed by atoms with Crippen LogP contribution in [0.5, 0.6) is 0 Å². The number of hydrogen-bond acceptors (Lipinski definition) is 2. The summed E-state index contributed by atoms with van der Waals surface area (Å²) >= 11 is 3.28. The van der Waals surface area contributed by atoms with Gasteiger partial charge >= 0.3 is 0 Å². The lowest BCUT2D eigenvalue weighted by atomic mass is 9.83. The van der Waals surface area contributed by atoms with Crippen molar-refractivity contribution in [3.63, 3.8) is 0 Å². The van der Waals surface area contributed by atoms with Gasteiger partial charge in [-0.1, -0.05) is 19.3 Å². The van der Waals surface area contributed by atoms with E-state index in [9.17, 15) is 5.11 Å². The van der Waals surface area contributed by atoms with Crippen LogP contribution in [0.3, 0.4) is 0 Å². The van der Waals surface area contributed by atoms with Gasteiger partial charge in [0, 0.05) is 0 Å². The standard InChI is InChI=1S/C13H17BrO2/c14-13-7-6-12(16-13)8-11(9-15)10-4-2-1-3-5-10/h6-8,10,15H,1-5,9H2. The molecule has 1 aromatic rings. The SMILES string of the molecule is OCC(=Cc1ccc(Br)o1)C1CCCCC1. The van der Waals surface area contributed by atoms with E-state index in [0.717, 1.165) is 16.0 Å². The average Bonchev–Trinajstić information content (AvgIpc) is 2.73. The number of furan rings is 1. The second-order valence-electron chi connectivity index (χ2n) is 4.35. The maximum Gasteiger partial charge on any atom is 0.169 e. The molecule has 0 atom stereocenters. The molecule has 1 N–H and O–H groups in total. The van der Waals surface area contributed by atoms with Gasteiger partial charge in [-0.3, -0.25) is 0 Å². The van der Waals surface area contributed by atoms with Gasteiger partial charge in [0.05, 0.1) is 6.61 Å². The van der Waals surface area contributed by atoms with E-state index < -0.39 is 0 Å². The quantitative estimate of drug-likeness (QED) is 0.910. The predicted molar refractivity (Wildman–Crippen MR) is 68.0 cm³/mol. The first kappa shape index (κ1) is 11.9. The molecular formula is C13H17BrO2. The highest BCUT2D eigenvalue weighted by atomic mass is 79.9. The summed E-state index contributed by atoms with van der Waals surface area (Å²) in [5.74, 6) is 1.36. The monoisotopic (exact) mass is 284 g/mol. The summed E-state index contributed by atoms with van der Waals surface area (Å²) in [4.78, 5) is 0. The average molecular weight is 285 g/mol. The molecule has 0 bridgehead atoms. The molecule has 1 aromatic heterocycles. The number of hydrogen-bond donors (Lipinski definition) is 1. The summed E-state index contributed by atoms with van der Waals surface area (Å²) in [5.41, 5.74) is 1.11. The van der Waals surface area contributed by atoms with Crippen molar-refractivity contribution in [2.24, 2.45) is 5.92 Å². The Hall–Kier alpha value is -0.540. The molecule has 0 saturated heterocycles. The summed E-state index contributed by atoms with van der Waals surface area (Å²) in [5, 5.41) is 9.42. The van der Waals surface area contributed by atoms with Gasteiger partial charge in [-0.05, 0) is 58.5 Å². The highest BCUT2D eigenvalue weighted by Gasteiger charge is 2.17. The van der Waals surface area contributed by atoms with Crippen molar-refractivity contribution in [1.82, 2.24) is 0 Å². The molecule has 0 aromatic carbocycles. The van der Waals surface area contributed by atoms with Crippen LogP contribution in [-0.2, 0) is 0 Å². The molecule has 1 saturated carbocycles. The van der Waals surface area contributed by atoms with Crippen molar-refractivity contribution in [3.05, 3.63) is 28.1 Å². The zero-order valence-electron chi connectivity index (χ0n) is 9.29. The molecule has 0 amide bonds. The molecule has 0 spiro atoms. The van der Waals surface area contributed by atoms with Gasteiger partial charge in [-0.15, -0.1) is 0 Å². The summed E-state index contributed by atoms with van der Waals surface area (Å²) in [6.07, 6.45) is 8.29. The molecule has 0 aliphatic heterocycles. The zero-order chi connectivity index (χ0) is 11.4. The predicted octanol–water partition coefficient (Wildman–Crippen LogP) is 4.00. The van der Waals surface area contributed by atoms with Gasteiger partial charge in [-0.25, -0.2) is 0 Å². The van der Waals surface area contributed by atoms with E-state index >= 15 is 0 Å². The first-order valence-corrected chi connectivity index (χ1v) is 6.65. The van der Waals surface area contributed by atoms with E-state index in [-0.39, 0.29) is 6.61 Å². The summed E-state index contributed by atoms with van der Waals surface area (Å²) in [6, 6.07) is 3.80. The molecule has 2 rings (SSSR count). The molecule has 0 radical (unpaired) electrons. The van der Waals surface area contributed by atoms with Crippen LogP contribution in [0.1, 0.15) is 37.9 Å². The third-order valence-electron chi connectivity index (χ3n) is 3.23. The minimum Gasteiger partial charge on any atom is -0.450 e. The largest absolute Gasteiger partial charge is 0.450 e. The number of aliphatic hydroxyl groups is 1. The number of halogens is 1. The van der Waals surface area contributed by atoms with E-state index in [2.05, 4.69) is 15.9 Å². The summed E-state index contributed by atoms with van der Waals surface area (Å²) < 4.78 is 6.17. The van der Waals surface area contributed by atoms with E-state index in [0.29, 0.717) is 5.92 Å². The summed E-state index contributed by atoms with van der Waals surface area (Å²) in [6.45, 7) is 0.142. The fourth-order valence-corrected chi connectivity index (χ4v) is 2.67. The second-order valence-corrected chi connectivity index (χ2v) is 5.14. The van der Waals surface area contributed by atoms with E-state index in [1.54, 1.807) is 0 Å². The Labute approximate surface area is 104 Å².